The lowest BCUT2D eigenvalue weighted by molar-refractivity contribution is -0.192. The number of halogens is 3. The minimum absolute atomic E-state index is 0.309. The van der Waals surface area contributed by atoms with E-state index in [1.165, 1.54) is 19.1 Å². The Morgan fingerprint density at radius 2 is 1.75 bits per heavy atom. The molecule has 0 radical (unpaired) electrons. The van der Waals surface area contributed by atoms with Gasteiger partial charge >= 0.3 is 12.1 Å². The molecule has 0 amide bonds. The van der Waals surface area contributed by atoms with Gasteiger partial charge in [0.25, 0.3) is 0 Å². The molecular weight excluding hydrogens is 401 g/mol. The van der Waals surface area contributed by atoms with Crippen LogP contribution in [-0.2, 0) is 19.6 Å². The largest absolute Gasteiger partial charge is 0.490 e. The zero-order valence-corrected chi connectivity index (χ0v) is 17.1. The summed E-state index contributed by atoms with van der Waals surface area (Å²) in [6.45, 7) is 4.22. The maximum absolute atomic E-state index is 11.6. The lowest BCUT2D eigenvalue weighted by Crippen LogP contribution is -2.43. The van der Waals surface area contributed by atoms with E-state index in [-0.39, 0.29) is 0 Å². The summed E-state index contributed by atoms with van der Waals surface area (Å²) in [5.74, 6) is -1.93. The maximum atomic E-state index is 11.6. The Morgan fingerprint density at radius 3 is 2.18 bits per heavy atom. The standard InChI is InChI=1S/C15H28N2O3S.C2HF3O2/c1-16-12-15(5-7-17(8-6-15)21(2,18)19)9-14(16)11-20-10-13-3-4-13;3-2(4,5)1(6)7/h13-14H,3-12H2,1-2H3;(H,6,7). The fourth-order valence-corrected chi connectivity index (χ4v) is 4.72. The molecule has 1 aliphatic carbocycles. The van der Waals surface area contributed by atoms with E-state index < -0.39 is 22.2 Å². The molecule has 2 heterocycles. The van der Waals surface area contributed by atoms with Crippen molar-refractivity contribution in [3.8, 4) is 0 Å². The first-order chi connectivity index (χ1) is 12.8. The Hall–Kier alpha value is -0.910. The molecule has 1 N–H and O–H groups in total. The van der Waals surface area contributed by atoms with Crippen LogP contribution in [0.25, 0.3) is 0 Å². The normalized spacial score (nSPS) is 26.1. The molecule has 1 atom stereocenters. The Bertz CT molecular complexity index is 644. The molecule has 164 valence electrons. The van der Waals surface area contributed by atoms with E-state index in [1.54, 1.807) is 4.31 Å². The van der Waals surface area contributed by atoms with Gasteiger partial charge in [0.1, 0.15) is 0 Å². The van der Waals surface area contributed by atoms with Gasteiger partial charge in [0, 0.05) is 32.3 Å². The smallest absolute Gasteiger partial charge is 0.475 e. The van der Waals surface area contributed by atoms with E-state index in [2.05, 4.69) is 11.9 Å². The van der Waals surface area contributed by atoms with Crippen LogP contribution >= 0.6 is 0 Å². The monoisotopic (exact) mass is 430 g/mol. The van der Waals surface area contributed by atoms with Gasteiger partial charge in [-0.1, -0.05) is 0 Å². The van der Waals surface area contributed by atoms with Gasteiger partial charge in [0.05, 0.1) is 12.9 Å². The van der Waals surface area contributed by atoms with Crippen LogP contribution in [-0.4, -0.2) is 87.1 Å². The van der Waals surface area contributed by atoms with Gasteiger partial charge in [0.2, 0.25) is 10.0 Å². The van der Waals surface area contributed by atoms with Crippen LogP contribution in [0.1, 0.15) is 32.1 Å². The maximum Gasteiger partial charge on any atom is 0.490 e. The first-order valence-electron chi connectivity index (χ1n) is 9.36. The van der Waals surface area contributed by atoms with Crippen molar-refractivity contribution in [2.24, 2.45) is 11.3 Å². The molecule has 1 saturated carbocycles. The molecule has 0 aromatic rings. The second-order valence-electron chi connectivity index (χ2n) is 8.22. The number of hydrogen-bond donors (Lipinski definition) is 1. The lowest BCUT2D eigenvalue weighted by Gasteiger charge is -2.38. The molecule has 3 aliphatic rings. The number of likely N-dealkylation sites (tertiary alicyclic amines) is 1. The zero-order chi connectivity index (χ0) is 21.2. The SMILES string of the molecule is CN1CC2(CCN(S(C)(=O)=O)CC2)CC1COCC1CC1.O=C(O)C(F)(F)F. The third-order valence-corrected chi connectivity index (χ3v) is 7.04. The molecule has 2 aliphatic heterocycles. The number of carbonyl (C=O) groups is 1. The minimum atomic E-state index is -5.08. The van der Waals surface area contributed by atoms with Gasteiger partial charge in [-0.3, -0.25) is 0 Å². The van der Waals surface area contributed by atoms with Gasteiger partial charge in [-0.05, 0) is 50.5 Å². The first kappa shape index (κ1) is 23.4. The number of carboxylic acids is 1. The number of aliphatic carboxylic acids is 1. The summed E-state index contributed by atoms with van der Waals surface area (Å²) < 4.78 is 62.5. The Kier molecular flexibility index (Phi) is 7.38. The molecule has 11 heteroatoms. The van der Waals surface area contributed by atoms with Crippen LogP contribution in [0.15, 0.2) is 0 Å². The summed E-state index contributed by atoms with van der Waals surface area (Å²) in [5.41, 5.74) is 0.309. The minimum Gasteiger partial charge on any atom is -0.475 e. The number of hydrogen-bond acceptors (Lipinski definition) is 5. The molecule has 2 saturated heterocycles. The number of nitrogens with zero attached hydrogens (tertiary/aromatic N) is 2. The summed E-state index contributed by atoms with van der Waals surface area (Å²) in [5, 5.41) is 7.12. The predicted molar refractivity (Wildman–Crippen MR) is 96.4 cm³/mol. The Balaban J connectivity index is 0.000000345. The highest BCUT2D eigenvalue weighted by Gasteiger charge is 2.45. The molecule has 0 aromatic carbocycles. The average Bonchev–Trinajstić information content (AvgIpc) is 3.32. The number of likely N-dealkylation sites (N-methyl/N-ethyl adjacent to an activating group) is 1. The third-order valence-electron chi connectivity index (χ3n) is 5.73. The molecule has 28 heavy (non-hydrogen) atoms. The lowest BCUT2D eigenvalue weighted by atomic mass is 9.77. The topological polar surface area (TPSA) is 87.2 Å². The van der Waals surface area contributed by atoms with Crippen LogP contribution in [0.4, 0.5) is 13.2 Å². The van der Waals surface area contributed by atoms with Gasteiger partial charge in [-0.2, -0.15) is 13.2 Å². The second kappa shape index (κ2) is 8.85. The molecule has 1 unspecified atom stereocenters. The van der Waals surface area contributed by atoms with Gasteiger partial charge in [-0.15, -0.1) is 0 Å². The van der Waals surface area contributed by atoms with Crippen LogP contribution in [0, 0.1) is 11.3 Å². The number of piperidine rings is 1. The molecule has 1 spiro atoms. The molecule has 3 rings (SSSR count). The van der Waals surface area contributed by atoms with Crippen molar-refractivity contribution in [3.05, 3.63) is 0 Å². The third kappa shape index (κ3) is 6.85. The highest BCUT2D eigenvalue weighted by Crippen LogP contribution is 2.43. The fraction of sp³-hybridized carbons (Fsp3) is 0.941. The fourth-order valence-electron chi connectivity index (χ4n) is 3.87. The number of rotatable bonds is 5. The van der Waals surface area contributed by atoms with Crippen LogP contribution in [0.5, 0.6) is 0 Å². The highest BCUT2D eigenvalue weighted by atomic mass is 32.2. The van der Waals surface area contributed by atoms with E-state index in [0.29, 0.717) is 24.5 Å². The van der Waals surface area contributed by atoms with Gasteiger partial charge in [-0.25, -0.2) is 17.5 Å². The van der Waals surface area contributed by atoms with Crippen molar-refractivity contribution >= 4 is 16.0 Å². The van der Waals surface area contributed by atoms with Crippen molar-refractivity contribution in [2.45, 2.75) is 44.3 Å². The van der Waals surface area contributed by atoms with Crippen LogP contribution < -0.4 is 0 Å². The number of sulfonamides is 1. The van der Waals surface area contributed by atoms with Crippen molar-refractivity contribution in [2.75, 3.05) is 46.2 Å². The average molecular weight is 430 g/mol. The van der Waals surface area contributed by atoms with Crippen molar-refractivity contribution in [3.63, 3.8) is 0 Å². The molecule has 0 bridgehead atoms. The van der Waals surface area contributed by atoms with E-state index in [4.69, 9.17) is 14.6 Å². The molecule has 7 nitrogen and oxygen atoms in total. The second-order valence-corrected chi connectivity index (χ2v) is 10.2. The zero-order valence-electron chi connectivity index (χ0n) is 16.2. The molecule has 0 aromatic heterocycles. The number of alkyl halides is 3. The van der Waals surface area contributed by atoms with Crippen LogP contribution in [0.3, 0.4) is 0 Å². The summed E-state index contributed by atoms with van der Waals surface area (Å²) in [7, 11) is -0.838. The van der Waals surface area contributed by atoms with Crippen molar-refractivity contribution in [1.29, 1.82) is 0 Å². The van der Waals surface area contributed by atoms with E-state index >= 15 is 0 Å². The van der Waals surface area contributed by atoms with Gasteiger partial charge < -0.3 is 14.7 Å². The number of ether oxygens (including phenoxy) is 1. The quantitative estimate of drug-likeness (QED) is 0.716. The van der Waals surface area contributed by atoms with E-state index in [9.17, 15) is 21.6 Å². The van der Waals surface area contributed by atoms with Crippen molar-refractivity contribution in [1.82, 2.24) is 9.21 Å². The first-order valence-corrected chi connectivity index (χ1v) is 11.2. The summed E-state index contributed by atoms with van der Waals surface area (Å²) in [6.07, 6.45) is 2.05. The Morgan fingerprint density at radius 1 is 1.21 bits per heavy atom. The summed E-state index contributed by atoms with van der Waals surface area (Å²) in [6, 6.07) is 0.508. The van der Waals surface area contributed by atoms with E-state index in [1.807, 2.05) is 0 Å². The highest BCUT2D eigenvalue weighted by molar-refractivity contribution is 7.88. The van der Waals surface area contributed by atoms with E-state index in [0.717, 1.165) is 44.9 Å². The predicted octanol–water partition coefficient (Wildman–Crippen LogP) is 1.79. The molecular formula is C17H29F3N2O5S. The number of carboxylic acid groups (broad SMARTS) is 1. The van der Waals surface area contributed by atoms with Crippen LogP contribution in [0.2, 0.25) is 0 Å². The Labute approximate surface area is 163 Å². The summed E-state index contributed by atoms with van der Waals surface area (Å²) in [4.78, 5) is 11.3. The van der Waals surface area contributed by atoms with Crippen molar-refractivity contribution < 1.29 is 36.2 Å². The van der Waals surface area contributed by atoms with Gasteiger partial charge in [0.15, 0.2) is 0 Å². The molecule has 3 fully saturated rings. The summed E-state index contributed by atoms with van der Waals surface area (Å²) >= 11 is 0.